The van der Waals surface area contributed by atoms with Crippen LogP contribution in [0.1, 0.15) is 20.3 Å². The molecule has 0 spiro atoms. The number of hydrogen-bond donors (Lipinski definition) is 2. The first kappa shape index (κ1) is 16.7. The van der Waals surface area contributed by atoms with Gasteiger partial charge in [0.1, 0.15) is 18.3 Å². The molecule has 7 heteroatoms. The van der Waals surface area contributed by atoms with Gasteiger partial charge in [0.15, 0.2) is 0 Å². The number of hydrogen-bond acceptors (Lipinski definition) is 4. The molecule has 1 heterocycles. The van der Waals surface area contributed by atoms with Crippen LogP contribution >= 0.6 is 0 Å². The second-order valence-corrected chi connectivity index (χ2v) is 5.76. The first-order valence-corrected chi connectivity index (χ1v) is 7.43. The fourth-order valence-electron chi connectivity index (χ4n) is 2.20. The van der Waals surface area contributed by atoms with Gasteiger partial charge in [0, 0.05) is 5.56 Å². The average Bonchev–Trinajstić information content (AvgIpc) is 2.95. The molecule has 0 unspecified atom stereocenters. The number of carboxylic acids is 1. The van der Waals surface area contributed by atoms with E-state index < -0.39 is 17.9 Å². The van der Waals surface area contributed by atoms with Gasteiger partial charge in [-0.05, 0) is 12.3 Å². The lowest BCUT2D eigenvalue weighted by Crippen LogP contribution is -2.43. The van der Waals surface area contributed by atoms with Gasteiger partial charge in [-0.1, -0.05) is 49.4 Å². The maximum Gasteiger partial charge on any atom is 0.326 e. The molecule has 2 rings (SSSR count). The summed E-state index contributed by atoms with van der Waals surface area (Å²) >= 11 is 0. The number of benzene rings is 1. The number of carbonyl (C=O) groups is 2. The summed E-state index contributed by atoms with van der Waals surface area (Å²) in [6.45, 7) is 3.75. The molecule has 0 saturated heterocycles. The van der Waals surface area contributed by atoms with Crippen LogP contribution in [0.3, 0.4) is 0 Å². The van der Waals surface area contributed by atoms with Gasteiger partial charge in [-0.3, -0.25) is 4.79 Å². The largest absolute Gasteiger partial charge is 0.480 e. The number of aliphatic carboxylic acids is 1. The van der Waals surface area contributed by atoms with Crippen LogP contribution in [0.25, 0.3) is 11.3 Å². The van der Waals surface area contributed by atoms with E-state index in [9.17, 15) is 9.59 Å². The topological polar surface area (TPSA) is 97.1 Å². The number of carbonyl (C=O) groups excluding carboxylic acids is 1. The van der Waals surface area contributed by atoms with Crippen molar-refractivity contribution in [3.05, 3.63) is 36.5 Å². The van der Waals surface area contributed by atoms with Crippen LogP contribution in [-0.4, -0.2) is 38.0 Å². The fraction of sp³-hybridized carbons (Fsp3) is 0.375. The Balaban J connectivity index is 1.98. The molecule has 0 bridgehead atoms. The Labute approximate surface area is 134 Å². The Bertz CT molecular complexity index is 667. The third-order valence-electron chi connectivity index (χ3n) is 3.25. The first-order valence-electron chi connectivity index (χ1n) is 7.43. The molecule has 0 aliphatic rings. The Hall–Kier alpha value is -2.70. The van der Waals surface area contributed by atoms with E-state index in [4.69, 9.17) is 5.11 Å². The van der Waals surface area contributed by atoms with Crippen molar-refractivity contribution in [3.63, 3.8) is 0 Å². The van der Waals surface area contributed by atoms with Crippen LogP contribution < -0.4 is 5.32 Å². The molecule has 23 heavy (non-hydrogen) atoms. The summed E-state index contributed by atoms with van der Waals surface area (Å²) in [5.41, 5.74) is 1.57. The molecular weight excluding hydrogens is 296 g/mol. The van der Waals surface area contributed by atoms with Gasteiger partial charge < -0.3 is 10.4 Å². The van der Waals surface area contributed by atoms with E-state index in [1.165, 1.54) is 4.68 Å². The smallest absolute Gasteiger partial charge is 0.326 e. The van der Waals surface area contributed by atoms with Gasteiger partial charge in [-0.15, -0.1) is 5.10 Å². The zero-order valence-corrected chi connectivity index (χ0v) is 13.1. The Kier molecular flexibility index (Phi) is 5.46. The minimum atomic E-state index is -1.03. The van der Waals surface area contributed by atoms with E-state index in [1.54, 1.807) is 6.20 Å². The predicted octanol–water partition coefficient (Wildman–Crippen LogP) is 1.56. The molecule has 1 amide bonds. The molecule has 0 fully saturated rings. The molecule has 1 aromatic carbocycles. The lowest BCUT2D eigenvalue weighted by atomic mass is 10.0. The highest BCUT2D eigenvalue weighted by Crippen LogP contribution is 2.14. The van der Waals surface area contributed by atoms with Crippen molar-refractivity contribution in [2.45, 2.75) is 32.9 Å². The fourth-order valence-corrected chi connectivity index (χ4v) is 2.20. The molecule has 0 aliphatic heterocycles. The summed E-state index contributed by atoms with van der Waals surface area (Å²) in [7, 11) is 0. The van der Waals surface area contributed by atoms with Gasteiger partial charge in [-0.25, -0.2) is 9.48 Å². The second kappa shape index (κ2) is 7.53. The molecule has 0 aliphatic carbocycles. The summed E-state index contributed by atoms with van der Waals surface area (Å²) in [6, 6.07) is 8.60. The van der Waals surface area contributed by atoms with E-state index in [-0.39, 0.29) is 12.5 Å². The van der Waals surface area contributed by atoms with Crippen LogP contribution in [0.2, 0.25) is 0 Å². The van der Waals surface area contributed by atoms with Crippen LogP contribution in [0.4, 0.5) is 0 Å². The lowest BCUT2D eigenvalue weighted by molar-refractivity contribution is -0.142. The van der Waals surface area contributed by atoms with Gasteiger partial charge in [0.25, 0.3) is 0 Å². The lowest BCUT2D eigenvalue weighted by Gasteiger charge is -2.16. The second-order valence-electron chi connectivity index (χ2n) is 5.76. The highest BCUT2D eigenvalue weighted by Gasteiger charge is 2.21. The van der Waals surface area contributed by atoms with Gasteiger partial charge in [0.05, 0.1) is 6.20 Å². The summed E-state index contributed by atoms with van der Waals surface area (Å²) in [5, 5.41) is 19.6. The molecule has 0 radical (unpaired) electrons. The van der Waals surface area contributed by atoms with Gasteiger partial charge in [0.2, 0.25) is 5.91 Å². The first-order chi connectivity index (χ1) is 11.0. The molecule has 122 valence electrons. The SMILES string of the molecule is CC(C)C[C@@H](NC(=O)Cn1cc(-c2ccccc2)nn1)C(=O)O. The van der Waals surface area contributed by atoms with E-state index in [0.717, 1.165) is 5.56 Å². The van der Waals surface area contributed by atoms with Crippen molar-refractivity contribution in [2.24, 2.45) is 5.92 Å². The number of nitrogens with zero attached hydrogens (tertiary/aromatic N) is 3. The van der Waals surface area contributed by atoms with Crippen molar-refractivity contribution in [2.75, 3.05) is 0 Å². The monoisotopic (exact) mass is 316 g/mol. The van der Waals surface area contributed by atoms with E-state index >= 15 is 0 Å². The quantitative estimate of drug-likeness (QED) is 0.808. The Morgan fingerprint density at radius 1 is 1.26 bits per heavy atom. The summed E-state index contributed by atoms with van der Waals surface area (Å²) < 4.78 is 1.39. The highest BCUT2D eigenvalue weighted by atomic mass is 16.4. The molecule has 2 aromatic rings. The zero-order chi connectivity index (χ0) is 16.8. The Morgan fingerprint density at radius 2 is 1.96 bits per heavy atom. The standard InChI is InChI=1S/C16H20N4O3/c1-11(2)8-13(16(22)23)17-15(21)10-20-9-14(18-19-20)12-6-4-3-5-7-12/h3-7,9,11,13H,8,10H2,1-2H3,(H,17,21)(H,22,23)/t13-/m1/s1. The van der Waals surface area contributed by atoms with Crippen LogP contribution in [-0.2, 0) is 16.1 Å². The molecule has 1 aromatic heterocycles. The maximum absolute atomic E-state index is 12.0. The third kappa shape index (κ3) is 4.91. The van der Waals surface area contributed by atoms with Crippen molar-refractivity contribution >= 4 is 11.9 Å². The number of amides is 1. The van der Waals surface area contributed by atoms with Crippen molar-refractivity contribution in [3.8, 4) is 11.3 Å². The number of aromatic nitrogens is 3. The van der Waals surface area contributed by atoms with Gasteiger partial charge in [-0.2, -0.15) is 0 Å². The molecular formula is C16H20N4O3. The number of carboxylic acid groups (broad SMARTS) is 1. The Morgan fingerprint density at radius 3 is 2.57 bits per heavy atom. The highest BCUT2D eigenvalue weighted by molar-refractivity contribution is 5.83. The van der Waals surface area contributed by atoms with Crippen LogP contribution in [0, 0.1) is 5.92 Å². The summed E-state index contributed by atoms with van der Waals surface area (Å²) in [4.78, 5) is 23.2. The van der Waals surface area contributed by atoms with E-state index in [0.29, 0.717) is 12.1 Å². The van der Waals surface area contributed by atoms with Crippen molar-refractivity contribution in [1.29, 1.82) is 0 Å². The molecule has 1 atom stereocenters. The zero-order valence-electron chi connectivity index (χ0n) is 13.1. The normalized spacial score (nSPS) is 12.1. The molecule has 7 nitrogen and oxygen atoms in total. The molecule has 2 N–H and O–H groups in total. The number of rotatable bonds is 7. The van der Waals surface area contributed by atoms with Crippen molar-refractivity contribution in [1.82, 2.24) is 20.3 Å². The van der Waals surface area contributed by atoms with E-state index in [1.807, 2.05) is 44.2 Å². The maximum atomic E-state index is 12.0. The predicted molar refractivity (Wildman–Crippen MR) is 84.5 cm³/mol. The minimum Gasteiger partial charge on any atom is -0.480 e. The van der Waals surface area contributed by atoms with Crippen LogP contribution in [0.5, 0.6) is 0 Å². The van der Waals surface area contributed by atoms with E-state index in [2.05, 4.69) is 15.6 Å². The van der Waals surface area contributed by atoms with Gasteiger partial charge >= 0.3 is 5.97 Å². The third-order valence-corrected chi connectivity index (χ3v) is 3.25. The summed E-state index contributed by atoms with van der Waals surface area (Å²) in [5.74, 6) is -1.26. The van der Waals surface area contributed by atoms with Crippen molar-refractivity contribution < 1.29 is 14.7 Å². The average molecular weight is 316 g/mol. The number of nitrogens with one attached hydrogen (secondary N) is 1. The minimum absolute atomic E-state index is 0.0677. The summed E-state index contributed by atoms with van der Waals surface area (Å²) in [6.07, 6.45) is 2.04. The molecule has 0 saturated carbocycles. The van der Waals surface area contributed by atoms with Crippen LogP contribution in [0.15, 0.2) is 36.5 Å².